The monoisotopic (exact) mass is 99.1 g/mol. The Labute approximate surface area is 40.6 Å². The first-order valence-corrected chi connectivity index (χ1v) is 3.33. The number of hydrogen-bond acceptors (Lipinski definition) is 1. The molecule has 0 aromatic carbocycles. The molecule has 0 aromatic rings. The zero-order valence-electron chi connectivity index (χ0n) is 3.78. The van der Waals surface area contributed by atoms with Crippen molar-refractivity contribution >= 4 is 8.96 Å². The number of rotatable bonds is 2. The van der Waals surface area contributed by atoms with Gasteiger partial charge in [-0.2, -0.15) is 6.00 Å². The highest BCUT2D eigenvalue weighted by Crippen LogP contribution is 1.75. The van der Waals surface area contributed by atoms with Crippen LogP contribution in [0, 0.1) is 6.00 Å². The highest BCUT2D eigenvalue weighted by Gasteiger charge is 1.71. The van der Waals surface area contributed by atoms with Crippen LogP contribution in [-0.4, -0.2) is 15.5 Å². The van der Waals surface area contributed by atoms with Gasteiger partial charge in [-0.1, -0.05) is 0 Å². The van der Waals surface area contributed by atoms with Crippen LogP contribution in [0.25, 0.3) is 0 Å². The Morgan fingerprint density at radius 3 is 2.50 bits per heavy atom. The standard InChI is InChI=1S/C4H9NSi/c1-6-4-2-3-5/h1H,2-5H2. The van der Waals surface area contributed by atoms with Crippen molar-refractivity contribution in [2.75, 3.05) is 6.54 Å². The molecular formula is C4H9NSi. The van der Waals surface area contributed by atoms with Gasteiger partial charge in [0.2, 0.25) is 0 Å². The molecule has 0 spiro atoms. The van der Waals surface area contributed by atoms with Gasteiger partial charge in [0.05, 0.1) is 0 Å². The summed E-state index contributed by atoms with van der Waals surface area (Å²) in [6.07, 6.45) is 1.08. The Morgan fingerprint density at radius 2 is 2.33 bits per heavy atom. The van der Waals surface area contributed by atoms with Gasteiger partial charge in [0.15, 0.2) is 0 Å². The molecule has 34 valence electrons. The summed E-state index contributed by atoms with van der Waals surface area (Å²) in [7, 11) is 0.585. The lowest BCUT2D eigenvalue weighted by atomic mass is 10.5. The smallest absolute Gasteiger partial charge is 0.00729 e. The van der Waals surface area contributed by atoms with Crippen molar-refractivity contribution < 1.29 is 0 Å². The highest BCUT2D eigenvalue weighted by atomic mass is 28.2. The Bertz CT molecular complexity index is 55.1. The first kappa shape index (κ1) is 5.96. The van der Waals surface area contributed by atoms with Crippen molar-refractivity contribution in [3.8, 4) is 6.00 Å². The average molecular weight is 99.2 g/mol. The molecule has 2 heteroatoms. The summed E-state index contributed by atoms with van der Waals surface area (Å²) in [5.41, 5.74) is 5.16. The minimum atomic E-state index is 0.585. The van der Waals surface area contributed by atoms with Crippen molar-refractivity contribution in [2.45, 2.75) is 12.5 Å². The van der Waals surface area contributed by atoms with Gasteiger partial charge in [-0.25, -0.2) is 0 Å². The Morgan fingerprint density at radius 1 is 1.67 bits per heavy atom. The second-order valence-corrected chi connectivity index (χ2v) is 2.00. The maximum atomic E-state index is 5.19. The molecule has 0 aliphatic rings. The van der Waals surface area contributed by atoms with Crippen LogP contribution >= 0.6 is 0 Å². The van der Waals surface area contributed by atoms with Crippen LogP contribution < -0.4 is 5.73 Å². The molecule has 0 unspecified atom stereocenters. The molecule has 0 amide bonds. The highest BCUT2D eigenvalue weighted by molar-refractivity contribution is 6.21. The average Bonchev–Trinajstić information content (AvgIpc) is 1.61. The molecule has 1 nitrogen and oxygen atoms in total. The Kier molecular flexibility index (Phi) is 4.92. The normalized spacial score (nSPS) is 7.33. The third-order valence-corrected chi connectivity index (χ3v) is 1.17. The van der Waals surface area contributed by atoms with E-state index >= 15 is 0 Å². The minimum Gasteiger partial charge on any atom is -0.330 e. The van der Waals surface area contributed by atoms with Crippen LogP contribution in [0.1, 0.15) is 6.42 Å². The molecule has 0 bridgehead atoms. The van der Waals surface area contributed by atoms with Crippen LogP contribution in [0.3, 0.4) is 0 Å². The largest absolute Gasteiger partial charge is 0.330 e. The molecule has 0 radical (unpaired) electrons. The van der Waals surface area contributed by atoms with Crippen molar-refractivity contribution in [1.29, 1.82) is 0 Å². The Hall–Kier alpha value is -0.0431. The minimum absolute atomic E-state index is 0.585. The lowest BCUT2D eigenvalue weighted by molar-refractivity contribution is 0.929. The van der Waals surface area contributed by atoms with Crippen molar-refractivity contribution in [3.05, 3.63) is 0 Å². The number of nitrogens with two attached hydrogens (primary N) is 1. The zero-order valence-corrected chi connectivity index (χ0v) is 4.78. The molecule has 0 saturated carbocycles. The summed E-state index contributed by atoms with van der Waals surface area (Å²) in [5.74, 6) is 0. The molecule has 0 rings (SSSR count). The summed E-state index contributed by atoms with van der Waals surface area (Å²) >= 11 is 0. The molecule has 0 atom stereocenters. The Balaban J connectivity index is 2.54. The molecule has 0 fully saturated rings. The van der Waals surface area contributed by atoms with Crippen molar-refractivity contribution in [2.24, 2.45) is 5.73 Å². The van der Waals surface area contributed by atoms with Crippen LogP contribution in [-0.2, 0) is 0 Å². The van der Waals surface area contributed by atoms with Gasteiger partial charge in [-0.3, -0.25) is 0 Å². The maximum absolute atomic E-state index is 5.19. The first-order valence-electron chi connectivity index (χ1n) is 2.05. The maximum Gasteiger partial charge on any atom is -0.00729 e. The molecule has 0 aromatic heterocycles. The number of hydrogen-bond donors (Lipinski definition) is 1. The fraction of sp³-hybridized carbons (Fsp3) is 0.750. The van der Waals surface area contributed by atoms with Crippen molar-refractivity contribution in [3.63, 3.8) is 0 Å². The van der Waals surface area contributed by atoms with E-state index in [1.807, 2.05) is 0 Å². The summed E-state index contributed by atoms with van der Waals surface area (Å²) in [4.78, 5) is 0. The molecule has 0 aliphatic carbocycles. The van der Waals surface area contributed by atoms with Gasteiger partial charge in [0.1, 0.15) is 0 Å². The van der Waals surface area contributed by atoms with Gasteiger partial charge in [0.25, 0.3) is 0 Å². The van der Waals surface area contributed by atoms with Crippen molar-refractivity contribution in [1.82, 2.24) is 0 Å². The molecule has 2 N–H and O–H groups in total. The molecular weight excluding hydrogens is 90.1 g/mol. The summed E-state index contributed by atoms with van der Waals surface area (Å²) in [6.45, 7) is 0.782. The van der Waals surface area contributed by atoms with E-state index in [1.165, 1.54) is 0 Å². The van der Waals surface area contributed by atoms with Gasteiger partial charge in [0, 0.05) is 0 Å². The molecule has 0 aliphatic heterocycles. The summed E-state index contributed by atoms with van der Waals surface area (Å²) in [6, 6.07) is 6.28. The fourth-order valence-electron chi connectivity index (χ4n) is 0.204. The third-order valence-electron chi connectivity index (χ3n) is 0.525. The van der Waals surface area contributed by atoms with E-state index in [1.54, 1.807) is 0 Å². The molecule has 6 heavy (non-hydrogen) atoms. The van der Waals surface area contributed by atoms with E-state index in [2.05, 4.69) is 0 Å². The molecule has 0 saturated heterocycles. The topological polar surface area (TPSA) is 26.0 Å². The van der Waals surface area contributed by atoms with E-state index in [9.17, 15) is 0 Å². The predicted octanol–water partition coefficient (Wildman–Crippen LogP) is 0.0467. The van der Waals surface area contributed by atoms with Crippen LogP contribution in [0.15, 0.2) is 0 Å². The quantitative estimate of drug-likeness (QED) is 0.384. The van der Waals surface area contributed by atoms with E-state index in [4.69, 9.17) is 11.7 Å². The van der Waals surface area contributed by atoms with Crippen LogP contribution in [0.5, 0.6) is 0 Å². The van der Waals surface area contributed by atoms with E-state index in [-0.39, 0.29) is 0 Å². The molecule has 0 heterocycles. The third kappa shape index (κ3) is 3.96. The second-order valence-electron chi connectivity index (χ2n) is 1.10. The van der Waals surface area contributed by atoms with E-state index < -0.39 is 0 Å². The lowest BCUT2D eigenvalue weighted by Crippen LogP contribution is -1.96. The predicted molar refractivity (Wildman–Crippen MR) is 29.2 cm³/mol. The van der Waals surface area contributed by atoms with Crippen LogP contribution in [0.4, 0.5) is 0 Å². The van der Waals surface area contributed by atoms with E-state index in [0.717, 1.165) is 19.0 Å². The summed E-state index contributed by atoms with van der Waals surface area (Å²) in [5, 5.41) is 0. The van der Waals surface area contributed by atoms with Gasteiger partial charge < -0.3 is 5.73 Å². The second kappa shape index (κ2) is 4.96. The lowest BCUT2D eigenvalue weighted by Gasteiger charge is -1.80. The first-order chi connectivity index (χ1) is 2.91. The fourth-order valence-corrected chi connectivity index (χ4v) is 0.612. The van der Waals surface area contributed by atoms with Gasteiger partial charge in [-0.15, -0.1) is 0 Å². The van der Waals surface area contributed by atoms with Crippen LogP contribution in [0.2, 0.25) is 6.04 Å². The van der Waals surface area contributed by atoms with E-state index in [0.29, 0.717) is 8.96 Å². The summed E-state index contributed by atoms with van der Waals surface area (Å²) < 4.78 is 0. The SMILES string of the molecule is C#[Si]CCCN. The van der Waals surface area contributed by atoms with Gasteiger partial charge in [-0.05, 0) is 28.0 Å². The van der Waals surface area contributed by atoms with Gasteiger partial charge >= 0.3 is 0 Å². The zero-order chi connectivity index (χ0) is 4.83.